The summed E-state index contributed by atoms with van der Waals surface area (Å²) in [5, 5.41) is 5.75. The Morgan fingerprint density at radius 1 is 1.35 bits per heavy atom. The molecule has 0 fully saturated rings. The molecule has 0 radical (unpaired) electrons. The maximum Gasteiger partial charge on any atom is 0.315 e. The van der Waals surface area contributed by atoms with E-state index >= 15 is 0 Å². The monoisotopic (exact) mass is 235 g/mol. The molecule has 0 aliphatic carbocycles. The smallest absolute Gasteiger partial charge is 0.315 e. The fourth-order valence-electron chi connectivity index (χ4n) is 1.33. The molecule has 94 valence electrons. The molecule has 4 heteroatoms. The molecule has 0 bridgehead atoms. The summed E-state index contributed by atoms with van der Waals surface area (Å²) in [6.45, 7) is 8.85. The van der Waals surface area contributed by atoms with E-state index in [-0.39, 0.29) is 17.5 Å². The maximum atomic E-state index is 11.6. The maximum absolute atomic E-state index is 11.6. The number of hydrogen-bond donors (Lipinski definition) is 2. The van der Waals surface area contributed by atoms with Crippen molar-refractivity contribution >= 4 is 6.03 Å². The van der Waals surface area contributed by atoms with Gasteiger partial charge in [-0.25, -0.2) is 4.79 Å². The Morgan fingerprint density at radius 2 is 1.94 bits per heavy atom. The van der Waals surface area contributed by atoms with E-state index in [0.29, 0.717) is 6.54 Å². The third-order valence-corrected chi connectivity index (χ3v) is 2.33. The van der Waals surface area contributed by atoms with Gasteiger partial charge in [0.2, 0.25) is 0 Å². The van der Waals surface area contributed by atoms with Crippen LogP contribution in [-0.2, 0) is 0 Å². The number of urea groups is 1. The van der Waals surface area contributed by atoms with Gasteiger partial charge in [0, 0.05) is 18.9 Å². The Labute approximate surface area is 103 Å². The minimum atomic E-state index is -0.135. The molecular formula is C13H21N3O. The van der Waals surface area contributed by atoms with Gasteiger partial charge in [0.1, 0.15) is 0 Å². The summed E-state index contributed by atoms with van der Waals surface area (Å²) < 4.78 is 0. The predicted octanol–water partition coefficient (Wildman–Crippen LogP) is 2.49. The lowest BCUT2D eigenvalue weighted by Crippen LogP contribution is -2.40. The largest absolute Gasteiger partial charge is 0.338 e. The lowest BCUT2D eigenvalue weighted by Gasteiger charge is -2.20. The number of rotatable bonds is 3. The fraction of sp³-hybridized carbons (Fsp3) is 0.538. The molecule has 1 rings (SSSR count). The molecule has 0 aliphatic rings. The molecule has 4 nitrogen and oxygen atoms in total. The van der Waals surface area contributed by atoms with Gasteiger partial charge in [-0.05, 0) is 30.0 Å². The van der Waals surface area contributed by atoms with Gasteiger partial charge in [-0.1, -0.05) is 20.8 Å². The number of hydrogen-bond acceptors (Lipinski definition) is 2. The third-order valence-electron chi connectivity index (χ3n) is 2.33. The minimum Gasteiger partial charge on any atom is -0.338 e. The normalized spacial score (nSPS) is 12.9. The van der Waals surface area contributed by atoms with E-state index in [0.717, 1.165) is 5.56 Å². The summed E-state index contributed by atoms with van der Waals surface area (Å²) >= 11 is 0. The molecule has 2 amide bonds. The minimum absolute atomic E-state index is 0.0158. The van der Waals surface area contributed by atoms with Gasteiger partial charge in [-0.15, -0.1) is 0 Å². The van der Waals surface area contributed by atoms with E-state index in [1.54, 1.807) is 12.4 Å². The summed E-state index contributed by atoms with van der Waals surface area (Å²) in [6, 6.07) is 3.64. The SMILES string of the molecule is CC(NC(=O)NCC(C)(C)C)c1ccncc1. The predicted molar refractivity (Wildman–Crippen MR) is 68.6 cm³/mol. The van der Waals surface area contributed by atoms with Crippen LogP contribution in [0.5, 0.6) is 0 Å². The summed E-state index contributed by atoms with van der Waals surface area (Å²) in [7, 11) is 0. The van der Waals surface area contributed by atoms with Crippen molar-refractivity contribution < 1.29 is 4.79 Å². The molecule has 0 aliphatic heterocycles. The lowest BCUT2D eigenvalue weighted by atomic mass is 9.97. The summed E-state index contributed by atoms with van der Waals surface area (Å²) in [6.07, 6.45) is 3.45. The van der Waals surface area contributed by atoms with Crippen molar-refractivity contribution in [1.82, 2.24) is 15.6 Å². The standard InChI is InChI=1S/C13H21N3O/c1-10(11-5-7-14-8-6-11)16-12(17)15-9-13(2,3)4/h5-8,10H,9H2,1-4H3,(H2,15,16,17). The van der Waals surface area contributed by atoms with Crippen molar-refractivity contribution in [2.45, 2.75) is 33.7 Å². The molecule has 1 atom stereocenters. The van der Waals surface area contributed by atoms with Gasteiger partial charge in [0.05, 0.1) is 6.04 Å². The van der Waals surface area contributed by atoms with Crippen molar-refractivity contribution in [2.24, 2.45) is 5.41 Å². The number of nitrogens with zero attached hydrogens (tertiary/aromatic N) is 1. The Morgan fingerprint density at radius 3 is 2.47 bits per heavy atom. The van der Waals surface area contributed by atoms with E-state index < -0.39 is 0 Å². The molecule has 2 N–H and O–H groups in total. The van der Waals surface area contributed by atoms with Crippen LogP contribution in [0.3, 0.4) is 0 Å². The molecule has 0 saturated heterocycles. The first kappa shape index (κ1) is 13.5. The van der Waals surface area contributed by atoms with Crippen LogP contribution >= 0.6 is 0 Å². The number of pyridine rings is 1. The highest BCUT2D eigenvalue weighted by Gasteiger charge is 2.13. The average molecular weight is 235 g/mol. The zero-order valence-electron chi connectivity index (χ0n) is 10.9. The third kappa shape index (κ3) is 5.33. The number of nitrogens with one attached hydrogen (secondary N) is 2. The van der Waals surface area contributed by atoms with Gasteiger partial charge in [0.15, 0.2) is 0 Å². The second kappa shape index (κ2) is 5.66. The fourth-order valence-corrected chi connectivity index (χ4v) is 1.33. The Kier molecular flexibility index (Phi) is 4.49. The van der Waals surface area contributed by atoms with Gasteiger partial charge in [-0.2, -0.15) is 0 Å². The highest BCUT2D eigenvalue weighted by atomic mass is 16.2. The lowest BCUT2D eigenvalue weighted by molar-refractivity contribution is 0.232. The van der Waals surface area contributed by atoms with Crippen molar-refractivity contribution in [3.8, 4) is 0 Å². The molecule has 1 aromatic rings. The molecule has 1 unspecified atom stereocenters. The topological polar surface area (TPSA) is 54.0 Å². The van der Waals surface area contributed by atoms with Crippen LogP contribution in [0.4, 0.5) is 4.79 Å². The second-order valence-corrected chi connectivity index (χ2v) is 5.39. The van der Waals surface area contributed by atoms with Crippen LogP contribution in [0, 0.1) is 5.41 Å². The summed E-state index contributed by atoms with van der Waals surface area (Å²) in [4.78, 5) is 15.6. The first-order valence-corrected chi connectivity index (χ1v) is 5.83. The van der Waals surface area contributed by atoms with Crippen molar-refractivity contribution in [1.29, 1.82) is 0 Å². The average Bonchev–Trinajstić information content (AvgIpc) is 2.27. The van der Waals surface area contributed by atoms with Crippen molar-refractivity contribution in [2.75, 3.05) is 6.54 Å². The van der Waals surface area contributed by atoms with Crippen LogP contribution < -0.4 is 10.6 Å². The van der Waals surface area contributed by atoms with Gasteiger partial charge in [-0.3, -0.25) is 4.98 Å². The van der Waals surface area contributed by atoms with Crippen LogP contribution in [0.1, 0.15) is 39.3 Å². The van der Waals surface area contributed by atoms with E-state index in [2.05, 4.69) is 36.4 Å². The quantitative estimate of drug-likeness (QED) is 0.845. The Balaban J connectivity index is 2.42. The molecule has 0 aromatic carbocycles. The number of carbonyl (C=O) groups is 1. The van der Waals surface area contributed by atoms with Crippen LogP contribution in [0.2, 0.25) is 0 Å². The van der Waals surface area contributed by atoms with E-state index in [4.69, 9.17) is 0 Å². The van der Waals surface area contributed by atoms with E-state index in [1.165, 1.54) is 0 Å². The first-order valence-electron chi connectivity index (χ1n) is 5.83. The molecule has 1 heterocycles. The summed E-state index contributed by atoms with van der Waals surface area (Å²) in [5.41, 5.74) is 1.14. The number of aromatic nitrogens is 1. The molecular weight excluding hydrogens is 214 g/mol. The van der Waals surface area contributed by atoms with Crippen LogP contribution in [0.25, 0.3) is 0 Å². The highest BCUT2D eigenvalue weighted by Crippen LogP contribution is 2.11. The molecule has 0 saturated carbocycles. The van der Waals surface area contributed by atoms with E-state index in [9.17, 15) is 4.79 Å². The van der Waals surface area contributed by atoms with Crippen LogP contribution in [-0.4, -0.2) is 17.6 Å². The van der Waals surface area contributed by atoms with Gasteiger partial charge in [0.25, 0.3) is 0 Å². The molecule has 0 spiro atoms. The summed E-state index contributed by atoms with van der Waals surface area (Å²) in [5.74, 6) is 0. The van der Waals surface area contributed by atoms with E-state index in [1.807, 2.05) is 19.1 Å². The Bertz CT molecular complexity index is 357. The number of amides is 2. The van der Waals surface area contributed by atoms with Crippen LogP contribution in [0.15, 0.2) is 24.5 Å². The Hall–Kier alpha value is -1.58. The van der Waals surface area contributed by atoms with Gasteiger partial charge >= 0.3 is 6.03 Å². The van der Waals surface area contributed by atoms with Crippen molar-refractivity contribution in [3.05, 3.63) is 30.1 Å². The molecule has 1 aromatic heterocycles. The molecule has 17 heavy (non-hydrogen) atoms. The second-order valence-electron chi connectivity index (χ2n) is 5.39. The first-order chi connectivity index (χ1) is 7.88. The van der Waals surface area contributed by atoms with Crippen molar-refractivity contribution in [3.63, 3.8) is 0 Å². The zero-order chi connectivity index (χ0) is 12.9. The highest BCUT2D eigenvalue weighted by molar-refractivity contribution is 5.74. The number of carbonyl (C=O) groups excluding carboxylic acids is 1. The zero-order valence-corrected chi connectivity index (χ0v) is 10.9. The van der Waals surface area contributed by atoms with Gasteiger partial charge < -0.3 is 10.6 Å².